The van der Waals surface area contributed by atoms with Crippen molar-refractivity contribution in [1.82, 2.24) is 0 Å². The molecule has 3 atom stereocenters. The number of hydrogen-bond acceptors (Lipinski definition) is 8. The standard InChI is InChI=1S/C31H60NO9P/c1-3-5-7-9-11-13-14-15-16-18-20-22-24-38-25-28(26-39-42(36,37)40-27-29(32)31(34)35)41-30(33)23-21-19-17-12-10-8-6-4-2/h9,11,28-29H,3-8,10,12-27,32H2,1-2H3,(H,34,35)(H,36,37)/b11-9-. The third-order valence-corrected chi connectivity index (χ3v) is 7.75. The minimum absolute atomic E-state index is 0.0160. The van der Waals surface area contributed by atoms with Crippen LogP contribution in [0.4, 0.5) is 0 Å². The van der Waals surface area contributed by atoms with Crippen LogP contribution in [0, 0.1) is 0 Å². The number of carboxylic acids is 1. The van der Waals surface area contributed by atoms with E-state index in [1.165, 1.54) is 64.2 Å². The number of aliphatic carboxylic acids is 1. The number of esters is 1. The molecule has 0 radical (unpaired) electrons. The van der Waals surface area contributed by atoms with Crippen LogP contribution >= 0.6 is 7.82 Å². The van der Waals surface area contributed by atoms with E-state index in [9.17, 15) is 19.0 Å². The number of unbranched alkanes of at least 4 members (excludes halogenated alkanes) is 15. The first-order valence-corrected chi connectivity index (χ1v) is 17.7. The first-order valence-electron chi connectivity index (χ1n) is 16.2. The van der Waals surface area contributed by atoms with Crippen molar-refractivity contribution >= 4 is 19.8 Å². The average molecular weight is 622 g/mol. The predicted octanol–water partition coefficient (Wildman–Crippen LogP) is 7.47. The number of allylic oxidation sites excluding steroid dienone is 2. The lowest BCUT2D eigenvalue weighted by Gasteiger charge is -2.20. The van der Waals surface area contributed by atoms with E-state index < -0.39 is 45.1 Å². The Balaban J connectivity index is 4.36. The van der Waals surface area contributed by atoms with Crippen molar-refractivity contribution in [3.8, 4) is 0 Å². The molecule has 0 bridgehead atoms. The number of hydrogen-bond donors (Lipinski definition) is 3. The number of ether oxygens (including phenoxy) is 2. The van der Waals surface area contributed by atoms with Crippen molar-refractivity contribution in [1.29, 1.82) is 0 Å². The Bertz CT molecular complexity index is 735. The first-order chi connectivity index (χ1) is 20.2. The summed E-state index contributed by atoms with van der Waals surface area (Å²) in [7, 11) is -4.59. The van der Waals surface area contributed by atoms with Crippen LogP contribution in [0.5, 0.6) is 0 Å². The molecule has 0 saturated heterocycles. The molecule has 0 spiro atoms. The van der Waals surface area contributed by atoms with E-state index in [1.807, 2.05) is 0 Å². The third kappa shape index (κ3) is 27.5. The van der Waals surface area contributed by atoms with Crippen LogP contribution in [-0.4, -0.2) is 60.5 Å². The number of carbonyl (C=O) groups excluding carboxylic acids is 1. The van der Waals surface area contributed by atoms with E-state index in [0.29, 0.717) is 13.0 Å². The highest BCUT2D eigenvalue weighted by Crippen LogP contribution is 2.43. The molecule has 248 valence electrons. The van der Waals surface area contributed by atoms with Crippen LogP contribution in [0.3, 0.4) is 0 Å². The molecule has 0 rings (SSSR count). The van der Waals surface area contributed by atoms with E-state index in [1.54, 1.807) is 0 Å². The summed E-state index contributed by atoms with van der Waals surface area (Å²) < 4.78 is 32.9. The van der Waals surface area contributed by atoms with Gasteiger partial charge in [0, 0.05) is 13.0 Å². The van der Waals surface area contributed by atoms with Gasteiger partial charge in [0.25, 0.3) is 0 Å². The highest BCUT2D eigenvalue weighted by atomic mass is 31.2. The Labute approximate surface area is 254 Å². The maximum absolute atomic E-state index is 12.4. The molecule has 0 aromatic rings. The van der Waals surface area contributed by atoms with Gasteiger partial charge < -0.3 is 25.2 Å². The van der Waals surface area contributed by atoms with Gasteiger partial charge in [0.15, 0.2) is 0 Å². The number of phosphoric ester groups is 1. The monoisotopic (exact) mass is 621 g/mol. The fourth-order valence-corrected chi connectivity index (χ4v) is 4.95. The summed E-state index contributed by atoms with van der Waals surface area (Å²) in [5.41, 5.74) is 5.31. The van der Waals surface area contributed by atoms with Gasteiger partial charge in [-0.25, -0.2) is 4.57 Å². The summed E-state index contributed by atoms with van der Waals surface area (Å²) >= 11 is 0. The van der Waals surface area contributed by atoms with E-state index in [-0.39, 0.29) is 13.0 Å². The smallest absolute Gasteiger partial charge is 0.472 e. The van der Waals surface area contributed by atoms with Crippen molar-refractivity contribution in [2.45, 2.75) is 148 Å². The van der Waals surface area contributed by atoms with Gasteiger partial charge in [-0.3, -0.25) is 18.6 Å². The minimum atomic E-state index is -4.59. The van der Waals surface area contributed by atoms with Gasteiger partial charge in [-0.15, -0.1) is 0 Å². The highest BCUT2D eigenvalue weighted by molar-refractivity contribution is 7.47. The average Bonchev–Trinajstić information content (AvgIpc) is 2.96. The molecule has 0 amide bonds. The molecule has 0 aliphatic rings. The van der Waals surface area contributed by atoms with Crippen LogP contribution in [0.15, 0.2) is 12.2 Å². The summed E-state index contributed by atoms with van der Waals surface area (Å²) in [5.74, 6) is -1.79. The van der Waals surface area contributed by atoms with E-state index in [0.717, 1.165) is 44.9 Å². The molecule has 42 heavy (non-hydrogen) atoms. The fraction of sp³-hybridized carbons (Fsp3) is 0.871. The molecule has 0 heterocycles. The van der Waals surface area contributed by atoms with Crippen LogP contribution in [0.1, 0.15) is 136 Å². The lowest BCUT2D eigenvalue weighted by molar-refractivity contribution is -0.154. The zero-order valence-corrected chi connectivity index (χ0v) is 27.2. The van der Waals surface area contributed by atoms with Crippen molar-refractivity contribution in [2.75, 3.05) is 26.4 Å². The molecule has 11 heteroatoms. The lowest BCUT2D eigenvalue weighted by atomic mass is 10.1. The fourth-order valence-electron chi connectivity index (χ4n) is 4.17. The number of rotatable bonds is 31. The van der Waals surface area contributed by atoms with Gasteiger partial charge in [0.05, 0.1) is 19.8 Å². The van der Waals surface area contributed by atoms with Gasteiger partial charge in [0.1, 0.15) is 12.1 Å². The lowest BCUT2D eigenvalue weighted by Crippen LogP contribution is -2.34. The molecular weight excluding hydrogens is 561 g/mol. The topological polar surface area (TPSA) is 155 Å². The van der Waals surface area contributed by atoms with Gasteiger partial charge in [0.2, 0.25) is 0 Å². The number of phosphoric acid groups is 1. The number of carboxylic acid groups (broad SMARTS) is 1. The summed E-state index contributed by atoms with van der Waals surface area (Å²) in [6.07, 6.45) is 24.2. The Hall–Kier alpha value is -1.29. The normalized spacial score (nSPS) is 14.6. The molecule has 10 nitrogen and oxygen atoms in total. The zero-order chi connectivity index (χ0) is 31.3. The second-order valence-electron chi connectivity index (χ2n) is 10.9. The Morgan fingerprint density at radius 3 is 1.88 bits per heavy atom. The van der Waals surface area contributed by atoms with Crippen LogP contribution in [0.2, 0.25) is 0 Å². The molecule has 4 N–H and O–H groups in total. The van der Waals surface area contributed by atoms with Crippen molar-refractivity contribution in [3.05, 3.63) is 12.2 Å². The van der Waals surface area contributed by atoms with E-state index in [4.69, 9.17) is 24.8 Å². The largest absolute Gasteiger partial charge is 0.480 e. The molecule has 0 saturated carbocycles. The summed E-state index contributed by atoms with van der Waals surface area (Å²) in [6.45, 7) is 3.77. The highest BCUT2D eigenvalue weighted by Gasteiger charge is 2.27. The summed E-state index contributed by atoms with van der Waals surface area (Å²) in [4.78, 5) is 33.1. The quantitative estimate of drug-likeness (QED) is 0.0307. The SMILES string of the molecule is CCCC/C=C\CCCCCCCCOCC(COP(=O)(O)OCC(N)C(=O)O)OC(=O)CCCCCCCCCC. The van der Waals surface area contributed by atoms with Crippen LogP contribution < -0.4 is 5.73 Å². The Morgan fingerprint density at radius 2 is 1.26 bits per heavy atom. The molecular formula is C31H60NO9P. The Morgan fingerprint density at radius 1 is 0.738 bits per heavy atom. The van der Waals surface area contributed by atoms with E-state index >= 15 is 0 Å². The number of carbonyl (C=O) groups is 2. The zero-order valence-electron chi connectivity index (χ0n) is 26.3. The van der Waals surface area contributed by atoms with Gasteiger partial charge in [-0.05, 0) is 32.1 Å². The molecule has 0 aromatic heterocycles. The second kappa shape index (κ2) is 28.5. The maximum atomic E-state index is 12.4. The molecule has 0 aliphatic heterocycles. The third-order valence-electron chi connectivity index (χ3n) is 6.79. The minimum Gasteiger partial charge on any atom is -0.480 e. The summed E-state index contributed by atoms with van der Waals surface area (Å²) in [5, 5.41) is 8.81. The number of nitrogens with two attached hydrogens (primary N) is 1. The van der Waals surface area contributed by atoms with Crippen molar-refractivity contribution in [2.24, 2.45) is 5.73 Å². The first kappa shape index (κ1) is 40.7. The molecule has 3 unspecified atom stereocenters. The maximum Gasteiger partial charge on any atom is 0.472 e. The van der Waals surface area contributed by atoms with E-state index in [2.05, 4.69) is 30.5 Å². The van der Waals surface area contributed by atoms with Gasteiger partial charge in [-0.2, -0.15) is 0 Å². The van der Waals surface area contributed by atoms with Gasteiger partial charge in [-0.1, -0.05) is 109 Å². The Kier molecular flexibility index (Phi) is 27.6. The van der Waals surface area contributed by atoms with Gasteiger partial charge >= 0.3 is 19.8 Å². The predicted molar refractivity (Wildman–Crippen MR) is 166 cm³/mol. The molecule has 0 aromatic carbocycles. The summed E-state index contributed by atoms with van der Waals surface area (Å²) in [6, 6.07) is -1.47. The van der Waals surface area contributed by atoms with Crippen LogP contribution in [0.25, 0.3) is 0 Å². The molecule has 0 fully saturated rings. The molecule has 0 aliphatic carbocycles. The van der Waals surface area contributed by atoms with Crippen LogP contribution in [-0.2, 0) is 32.7 Å². The van der Waals surface area contributed by atoms with Crippen molar-refractivity contribution in [3.63, 3.8) is 0 Å². The second-order valence-corrected chi connectivity index (χ2v) is 12.4. The van der Waals surface area contributed by atoms with Crippen molar-refractivity contribution < 1.29 is 42.7 Å².